The third kappa shape index (κ3) is 3.12. The molecule has 5 nitrogen and oxygen atoms in total. The number of amides is 2. The zero-order chi connectivity index (χ0) is 11.3. The van der Waals surface area contributed by atoms with Crippen molar-refractivity contribution in [2.45, 2.75) is 13.3 Å². The van der Waals surface area contributed by atoms with Gasteiger partial charge in [-0.2, -0.15) is 0 Å². The molecule has 0 saturated heterocycles. The van der Waals surface area contributed by atoms with Crippen molar-refractivity contribution in [3.63, 3.8) is 0 Å². The Labute approximate surface area is 88.1 Å². The van der Waals surface area contributed by atoms with Crippen molar-refractivity contribution >= 4 is 11.7 Å². The van der Waals surface area contributed by atoms with Crippen LogP contribution < -0.4 is 16.2 Å². The van der Waals surface area contributed by atoms with E-state index in [1.54, 1.807) is 25.4 Å². The molecular formula is C10H15N3O2. The smallest absolute Gasteiger partial charge is 0.319 e. The van der Waals surface area contributed by atoms with Gasteiger partial charge in [-0.3, -0.25) is 4.79 Å². The van der Waals surface area contributed by atoms with Gasteiger partial charge in [0.25, 0.3) is 5.56 Å². The average molecular weight is 209 g/mol. The van der Waals surface area contributed by atoms with E-state index in [4.69, 9.17) is 0 Å². The lowest BCUT2D eigenvalue weighted by Gasteiger charge is -2.06. The van der Waals surface area contributed by atoms with Gasteiger partial charge in [-0.25, -0.2) is 4.79 Å². The highest BCUT2D eigenvalue weighted by Crippen LogP contribution is 1.96. The summed E-state index contributed by atoms with van der Waals surface area (Å²) in [6.45, 7) is 2.56. The molecule has 2 amide bonds. The van der Waals surface area contributed by atoms with E-state index in [2.05, 4.69) is 10.6 Å². The first-order valence-corrected chi connectivity index (χ1v) is 4.85. The number of aryl methyl sites for hydroxylation is 1. The molecule has 1 aromatic heterocycles. The SMILES string of the molecule is CCCNC(=O)Nc1cccn(C)c1=O. The molecule has 0 bridgehead atoms. The number of nitrogens with one attached hydrogen (secondary N) is 2. The highest BCUT2D eigenvalue weighted by atomic mass is 16.2. The molecule has 1 aromatic rings. The van der Waals surface area contributed by atoms with Gasteiger partial charge in [0.2, 0.25) is 0 Å². The van der Waals surface area contributed by atoms with Crippen molar-refractivity contribution in [3.8, 4) is 0 Å². The summed E-state index contributed by atoms with van der Waals surface area (Å²) in [6.07, 6.45) is 2.50. The van der Waals surface area contributed by atoms with Crippen LogP contribution in [-0.2, 0) is 7.05 Å². The normalized spacial score (nSPS) is 9.73. The summed E-state index contributed by atoms with van der Waals surface area (Å²) in [5.41, 5.74) is 0.0674. The lowest BCUT2D eigenvalue weighted by molar-refractivity contribution is 0.252. The predicted octanol–water partition coefficient (Wildman–Crippen LogP) is 0.917. The Balaban J connectivity index is 2.69. The van der Waals surface area contributed by atoms with Crippen LogP contribution in [0, 0.1) is 0 Å². The zero-order valence-electron chi connectivity index (χ0n) is 8.91. The monoisotopic (exact) mass is 209 g/mol. The van der Waals surface area contributed by atoms with E-state index < -0.39 is 0 Å². The van der Waals surface area contributed by atoms with Crippen molar-refractivity contribution in [1.29, 1.82) is 0 Å². The van der Waals surface area contributed by atoms with E-state index in [1.807, 2.05) is 6.92 Å². The first kappa shape index (κ1) is 11.3. The Morgan fingerprint density at radius 3 is 2.93 bits per heavy atom. The number of urea groups is 1. The van der Waals surface area contributed by atoms with Crippen LogP contribution in [0.1, 0.15) is 13.3 Å². The second-order valence-electron chi connectivity index (χ2n) is 3.22. The van der Waals surface area contributed by atoms with Crippen molar-refractivity contribution in [1.82, 2.24) is 9.88 Å². The maximum atomic E-state index is 11.5. The first-order valence-electron chi connectivity index (χ1n) is 4.85. The fraction of sp³-hybridized carbons (Fsp3) is 0.400. The number of carbonyl (C=O) groups excluding carboxylic acids is 1. The van der Waals surface area contributed by atoms with Crippen LogP contribution in [0.3, 0.4) is 0 Å². The van der Waals surface area contributed by atoms with E-state index in [0.29, 0.717) is 6.54 Å². The Kier molecular flexibility index (Phi) is 3.91. The maximum Gasteiger partial charge on any atom is 0.319 e. The van der Waals surface area contributed by atoms with Gasteiger partial charge in [0.05, 0.1) is 0 Å². The standard InChI is InChI=1S/C10H15N3O2/c1-3-6-11-10(15)12-8-5-4-7-13(2)9(8)14/h4-5,7H,3,6H2,1-2H3,(H2,11,12,15). The molecule has 0 atom stereocenters. The predicted molar refractivity (Wildman–Crippen MR) is 59.0 cm³/mol. The van der Waals surface area contributed by atoms with Gasteiger partial charge in [-0.1, -0.05) is 6.92 Å². The van der Waals surface area contributed by atoms with E-state index >= 15 is 0 Å². The van der Waals surface area contributed by atoms with E-state index in [1.165, 1.54) is 4.57 Å². The third-order valence-corrected chi connectivity index (χ3v) is 1.91. The Morgan fingerprint density at radius 1 is 1.53 bits per heavy atom. The number of aromatic nitrogens is 1. The minimum atomic E-state index is -0.347. The number of anilines is 1. The molecule has 0 aliphatic carbocycles. The quantitative estimate of drug-likeness (QED) is 0.777. The Bertz CT molecular complexity index is 398. The first-order chi connectivity index (χ1) is 7.15. The molecule has 1 heterocycles. The maximum absolute atomic E-state index is 11.5. The summed E-state index contributed by atoms with van der Waals surface area (Å²) in [6, 6.07) is 2.94. The molecule has 0 aliphatic rings. The second kappa shape index (κ2) is 5.19. The van der Waals surface area contributed by atoms with Gasteiger partial charge in [0.15, 0.2) is 0 Å². The van der Waals surface area contributed by atoms with Crippen molar-refractivity contribution in [3.05, 3.63) is 28.7 Å². The highest BCUT2D eigenvalue weighted by molar-refractivity contribution is 5.88. The van der Waals surface area contributed by atoms with E-state index in [-0.39, 0.29) is 17.3 Å². The highest BCUT2D eigenvalue weighted by Gasteiger charge is 2.04. The van der Waals surface area contributed by atoms with Gasteiger partial charge in [0.1, 0.15) is 5.69 Å². The molecule has 0 saturated carbocycles. The minimum absolute atomic E-state index is 0.218. The summed E-state index contributed by atoms with van der Waals surface area (Å²) in [5.74, 6) is 0. The summed E-state index contributed by atoms with van der Waals surface area (Å²) >= 11 is 0. The van der Waals surface area contributed by atoms with Crippen LogP contribution in [0.4, 0.5) is 10.5 Å². The number of hydrogen-bond acceptors (Lipinski definition) is 2. The molecule has 2 N–H and O–H groups in total. The summed E-state index contributed by atoms with van der Waals surface area (Å²) < 4.78 is 1.41. The third-order valence-electron chi connectivity index (χ3n) is 1.91. The summed E-state index contributed by atoms with van der Waals surface area (Å²) in [5, 5.41) is 5.13. The number of hydrogen-bond donors (Lipinski definition) is 2. The van der Waals surface area contributed by atoms with Crippen LogP contribution >= 0.6 is 0 Å². The van der Waals surface area contributed by atoms with E-state index in [0.717, 1.165) is 6.42 Å². The van der Waals surface area contributed by atoms with Crippen molar-refractivity contribution < 1.29 is 4.79 Å². The average Bonchev–Trinajstić information content (AvgIpc) is 2.22. The Hall–Kier alpha value is -1.78. The molecule has 15 heavy (non-hydrogen) atoms. The number of nitrogens with zero attached hydrogens (tertiary/aromatic N) is 1. The summed E-state index contributed by atoms with van der Waals surface area (Å²) in [7, 11) is 1.64. The van der Waals surface area contributed by atoms with E-state index in [9.17, 15) is 9.59 Å². The topological polar surface area (TPSA) is 63.1 Å². The van der Waals surface area contributed by atoms with Crippen LogP contribution in [0.25, 0.3) is 0 Å². The molecule has 0 fully saturated rings. The van der Waals surface area contributed by atoms with Crippen LogP contribution in [0.5, 0.6) is 0 Å². The number of rotatable bonds is 3. The van der Waals surface area contributed by atoms with Gasteiger partial charge >= 0.3 is 6.03 Å². The van der Waals surface area contributed by atoms with Crippen LogP contribution in [-0.4, -0.2) is 17.1 Å². The van der Waals surface area contributed by atoms with Gasteiger partial charge in [-0.15, -0.1) is 0 Å². The zero-order valence-corrected chi connectivity index (χ0v) is 8.91. The molecule has 1 rings (SSSR count). The van der Waals surface area contributed by atoms with Gasteiger partial charge < -0.3 is 15.2 Å². The molecule has 0 aromatic carbocycles. The number of pyridine rings is 1. The molecular weight excluding hydrogens is 194 g/mol. The largest absolute Gasteiger partial charge is 0.338 e. The minimum Gasteiger partial charge on any atom is -0.338 e. The van der Waals surface area contributed by atoms with Crippen molar-refractivity contribution in [2.75, 3.05) is 11.9 Å². The van der Waals surface area contributed by atoms with Crippen molar-refractivity contribution in [2.24, 2.45) is 7.05 Å². The fourth-order valence-electron chi connectivity index (χ4n) is 1.10. The second-order valence-corrected chi connectivity index (χ2v) is 3.22. The molecule has 5 heteroatoms. The molecule has 0 spiro atoms. The van der Waals surface area contributed by atoms with Crippen LogP contribution in [0.2, 0.25) is 0 Å². The molecule has 0 unspecified atom stereocenters. The lowest BCUT2D eigenvalue weighted by Crippen LogP contribution is -2.32. The fourth-order valence-corrected chi connectivity index (χ4v) is 1.10. The molecule has 82 valence electrons. The van der Waals surface area contributed by atoms with Gasteiger partial charge in [0, 0.05) is 19.8 Å². The summed E-state index contributed by atoms with van der Waals surface area (Å²) in [4.78, 5) is 22.8. The van der Waals surface area contributed by atoms with Crippen LogP contribution in [0.15, 0.2) is 23.1 Å². The molecule has 0 aliphatic heterocycles. The Morgan fingerprint density at radius 2 is 2.27 bits per heavy atom. The lowest BCUT2D eigenvalue weighted by atomic mass is 10.4. The molecule has 0 radical (unpaired) electrons. The van der Waals surface area contributed by atoms with Gasteiger partial charge in [-0.05, 0) is 18.6 Å². The number of carbonyl (C=O) groups is 1.